The Morgan fingerprint density at radius 1 is 1.28 bits per heavy atom. The molecule has 8 nitrogen and oxygen atoms in total. The summed E-state index contributed by atoms with van der Waals surface area (Å²) in [6.07, 6.45) is 5.94. The smallest absolute Gasteiger partial charge is 0.271 e. The second kappa shape index (κ2) is 11.7. The SMILES string of the molecule is CCCC[C@H](CC)CNC(=O)CCCN(c1cc([N+](=O)[O-])ccc1C)S(C)(=O)=O. The maximum absolute atomic E-state index is 12.3. The minimum atomic E-state index is -3.64. The van der Waals surface area contributed by atoms with Crippen molar-refractivity contribution in [3.8, 4) is 0 Å². The number of nitro groups is 1. The number of nitrogens with zero attached hydrogens (tertiary/aromatic N) is 2. The highest BCUT2D eigenvalue weighted by atomic mass is 32.2. The van der Waals surface area contributed by atoms with Gasteiger partial charge in [0.1, 0.15) is 0 Å². The molecule has 0 aliphatic carbocycles. The number of anilines is 1. The molecule has 0 aliphatic heterocycles. The van der Waals surface area contributed by atoms with Crippen molar-refractivity contribution < 1.29 is 18.1 Å². The van der Waals surface area contributed by atoms with Gasteiger partial charge in [0.25, 0.3) is 5.69 Å². The molecule has 0 fully saturated rings. The molecular weight excluding hydrogens is 394 g/mol. The number of carbonyl (C=O) groups is 1. The summed E-state index contributed by atoms with van der Waals surface area (Å²) in [5.41, 5.74) is 0.717. The molecule has 0 spiro atoms. The van der Waals surface area contributed by atoms with Crippen molar-refractivity contribution in [1.82, 2.24) is 5.32 Å². The van der Waals surface area contributed by atoms with Crippen molar-refractivity contribution in [2.45, 2.75) is 59.3 Å². The summed E-state index contributed by atoms with van der Waals surface area (Å²) in [5, 5.41) is 14.0. The Hall–Kier alpha value is -2.16. The van der Waals surface area contributed by atoms with Gasteiger partial charge in [-0.3, -0.25) is 19.2 Å². The van der Waals surface area contributed by atoms with E-state index in [0.717, 1.165) is 36.2 Å². The number of sulfonamides is 1. The number of aryl methyl sites for hydroxylation is 1. The highest BCUT2D eigenvalue weighted by Crippen LogP contribution is 2.27. The quantitative estimate of drug-likeness (QED) is 0.380. The number of nitrogens with one attached hydrogen (secondary N) is 1. The molecule has 0 aliphatic rings. The minimum Gasteiger partial charge on any atom is -0.356 e. The van der Waals surface area contributed by atoms with Gasteiger partial charge in [-0.2, -0.15) is 0 Å². The van der Waals surface area contributed by atoms with Gasteiger partial charge in [0.2, 0.25) is 15.9 Å². The van der Waals surface area contributed by atoms with Gasteiger partial charge < -0.3 is 5.32 Å². The highest BCUT2D eigenvalue weighted by Gasteiger charge is 2.22. The van der Waals surface area contributed by atoms with Crippen molar-refractivity contribution in [1.29, 1.82) is 0 Å². The lowest BCUT2D eigenvalue weighted by Gasteiger charge is -2.24. The van der Waals surface area contributed by atoms with E-state index in [4.69, 9.17) is 0 Å². The zero-order chi connectivity index (χ0) is 22.0. The van der Waals surface area contributed by atoms with Gasteiger partial charge in [-0.1, -0.05) is 39.2 Å². The lowest BCUT2D eigenvalue weighted by atomic mass is 9.99. The van der Waals surface area contributed by atoms with Crippen molar-refractivity contribution in [3.63, 3.8) is 0 Å². The second-order valence-electron chi connectivity index (χ2n) is 7.39. The number of hydrogen-bond donors (Lipinski definition) is 1. The largest absolute Gasteiger partial charge is 0.356 e. The summed E-state index contributed by atoms with van der Waals surface area (Å²) >= 11 is 0. The van der Waals surface area contributed by atoms with Crippen LogP contribution in [0.4, 0.5) is 11.4 Å². The van der Waals surface area contributed by atoms with E-state index in [0.29, 0.717) is 24.4 Å². The first kappa shape index (κ1) is 24.9. The van der Waals surface area contributed by atoms with Crippen LogP contribution in [0.15, 0.2) is 18.2 Å². The minimum absolute atomic E-state index is 0.0846. The van der Waals surface area contributed by atoms with Gasteiger partial charge in [-0.05, 0) is 31.2 Å². The van der Waals surface area contributed by atoms with Crippen LogP contribution in [0.25, 0.3) is 0 Å². The Balaban J connectivity index is 2.72. The van der Waals surface area contributed by atoms with Gasteiger partial charge in [0.15, 0.2) is 0 Å². The van der Waals surface area contributed by atoms with E-state index in [-0.39, 0.29) is 30.2 Å². The number of benzene rings is 1. The first-order chi connectivity index (χ1) is 13.6. The third-order valence-corrected chi connectivity index (χ3v) is 6.15. The van der Waals surface area contributed by atoms with E-state index in [2.05, 4.69) is 19.2 Å². The molecule has 0 saturated heterocycles. The predicted molar refractivity (Wildman–Crippen MR) is 116 cm³/mol. The van der Waals surface area contributed by atoms with Crippen molar-refractivity contribution in [2.75, 3.05) is 23.7 Å². The molecule has 1 amide bonds. The number of hydrogen-bond acceptors (Lipinski definition) is 5. The molecule has 0 aromatic heterocycles. The Labute approximate surface area is 173 Å². The highest BCUT2D eigenvalue weighted by molar-refractivity contribution is 7.92. The fourth-order valence-electron chi connectivity index (χ4n) is 3.12. The number of nitro benzene ring substituents is 1. The number of rotatable bonds is 13. The van der Waals surface area contributed by atoms with Crippen LogP contribution in [0.3, 0.4) is 0 Å². The monoisotopic (exact) mass is 427 g/mol. The average Bonchev–Trinajstić information content (AvgIpc) is 2.65. The standard InChI is InChI=1S/C20H33N3O5S/c1-5-7-9-17(6-2)15-21-20(24)10-8-13-22(29(4,27)28)19-14-18(23(25)26)12-11-16(19)3/h11-12,14,17H,5-10,13,15H2,1-4H3,(H,21,24)/t17-/m0/s1. The number of non-ortho nitro benzene ring substituents is 1. The predicted octanol–water partition coefficient (Wildman–Crippen LogP) is 3.78. The zero-order valence-corrected chi connectivity index (χ0v) is 18.6. The van der Waals surface area contributed by atoms with Crippen LogP contribution in [0, 0.1) is 23.0 Å². The van der Waals surface area contributed by atoms with Crippen LogP contribution >= 0.6 is 0 Å². The molecule has 1 N–H and O–H groups in total. The van der Waals surface area contributed by atoms with E-state index < -0.39 is 14.9 Å². The molecule has 0 radical (unpaired) electrons. The molecule has 0 saturated carbocycles. The van der Waals surface area contributed by atoms with Crippen LogP contribution in [-0.4, -0.2) is 38.6 Å². The van der Waals surface area contributed by atoms with Gasteiger partial charge in [0.05, 0.1) is 16.9 Å². The third-order valence-electron chi connectivity index (χ3n) is 4.97. The maximum Gasteiger partial charge on any atom is 0.271 e. The molecule has 1 rings (SSSR count). The number of amides is 1. The van der Waals surface area contributed by atoms with E-state index in [1.807, 2.05) is 0 Å². The normalized spacial score (nSPS) is 12.4. The maximum atomic E-state index is 12.3. The van der Waals surface area contributed by atoms with Crippen LogP contribution in [0.5, 0.6) is 0 Å². The average molecular weight is 428 g/mol. The Morgan fingerprint density at radius 2 is 1.97 bits per heavy atom. The van der Waals surface area contributed by atoms with Crippen molar-refractivity contribution in [2.24, 2.45) is 5.92 Å². The Kier molecular flexibility index (Phi) is 10.1. The Bertz CT molecular complexity index is 795. The molecule has 1 aromatic carbocycles. The van der Waals surface area contributed by atoms with Gasteiger partial charge >= 0.3 is 0 Å². The summed E-state index contributed by atoms with van der Waals surface area (Å²) in [7, 11) is -3.64. The van der Waals surface area contributed by atoms with Crippen LogP contribution in [-0.2, 0) is 14.8 Å². The molecule has 9 heteroatoms. The number of carbonyl (C=O) groups excluding carboxylic acids is 1. The van der Waals surface area contributed by atoms with E-state index in [1.165, 1.54) is 18.2 Å². The molecular formula is C20H33N3O5S. The van der Waals surface area contributed by atoms with Crippen molar-refractivity contribution in [3.05, 3.63) is 33.9 Å². The molecule has 0 heterocycles. The van der Waals surface area contributed by atoms with Crippen LogP contribution in [0.1, 0.15) is 57.9 Å². The lowest BCUT2D eigenvalue weighted by Crippen LogP contribution is -2.33. The molecule has 0 bridgehead atoms. The molecule has 0 unspecified atom stereocenters. The first-order valence-corrected chi connectivity index (χ1v) is 11.9. The van der Waals surface area contributed by atoms with Gasteiger partial charge in [0, 0.05) is 31.6 Å². The first-order valence-electron chi connectivity index (χ1n) is 10.1. The van der Waals surface area contributed by atoms with Gasteiger partial charge in [-0.25, -0.2) is 8.42 Å². The summed E-state index contributed by atoms with van der Waals surface area (Å²) in [6, 6.07) is 4.13. The molecule has 164 valence electrons. The lowest BCUT2D eigenvalue weighted by molar-refractivity contribution is -0.384. The molecule has 29 heavy (non-hydrogen) atoms. The molecule has 1 aromatic rings. The third kappa shape index (κ3) is 8.39. The number of unbranched alkanes of at least 4 members (excludes halogenated alkanes) is 1. The van der Waals surface area contributed by atoms with E-state index in [9.17, 15) is 23.3 Å². The van der Waals surface area contributed by atoms with Crippen LogP contribution in [0.2, 0.25) is 0 Å². The van der Waals surface area contributed by atoms with Crippen LogP contribution < -0.4 is 9.62 Å². The fourth-order valence-corrected chi connectivity index (χ4v) is 4.13. The fraction of sp³-hybridized carbons (Fsp3) is 0.650. The zero-order valence-electron chi connectivity index (χ0n) is 17.8. The van der Waals surface area contributed by atoms with E-state index >= 15 is 0 Å². The molecule has 1 atom stereocenters. The summed E-state index contributed by atoms with van der Waals surface area (Å²) < 4.78 is 25.6. The Morgan fingerprint density at radius 3 is 2.52 bits per heavy atom. The second-order valence-corrected chi connectivity index (χ2v) is 9.29. The summed E-state index contributed by atoms with van der Waals surface area (Å²) in [5.74, 6) is 0.350. The summed E-state index contributed by atoms with van der Waals surface area (Å²) in [6.45, 7) is 6.67. The summed E-state index contributed by atoms with van der Waals surface area (Å²) in [4.78, 5) is 22.6. The van der Waals surface area contributed by atoms with Gasteiger partial charge in [-0.15, -0.1) is 0 Å². The topological polar surface area (TPSA) is 110 Å². The van der Waals surface area contributed by atoms with Crippen molar-refractivity contribution >= 4 is 27.3 Å². The van der Waals surface area contributed by atoms with E-state index in [1.54, 1.807) is 6.92 Å².